The summed E-state index contributed by atoms with van der Waals surface area (Å²) in [6.07, 6.45) is 0. The topological polar surface area (TPSA) is 75.7 Å². The van der Waals surface area contributed by atoms with Gasteiger partial charge in [-0.3, -0.25) is 9.59 Å². The summed E-state index contributed by atoms with van der Waals surface area (Å²) in [5.41, 5.74) is 1.93. The van der Waals surface area contributed by atoms with E-state index in [4.69, 9.17) is 4.74 Å². The summed E-state index contributed by atoms with van der Waals surface area (Å²) in [5, 5.41) is 4.44. The van der Waals surface area contributed by atoms with E-state index in [1.807, 2.05) is 26.8 Å². The van der Waals surface area contributed by atoms with Gasteiger partial charge in [0, 0.05) is 24.3 Å². The summed E-state index contributed by atoms with van der Waals surface area (Å²) < 4.78 is 5.02. The van der Waals surface area contributed by atoms with Crippen molar-refractivity contribution in [3.63, 3.8) is 0 Å². The maximum Gasteiger partial charge on any atom is 0.349 e. The van der Waals surface area contributed by atoms with Crippen LogP contribution in [-0.2, 0) is 9.53 Å². The number of carbonyl (C=O) groups is 3. The van der Waals surface area contributed by atoms with Crippen LogP contribution in [0.3, 0.4) is 0 Å². The van der Waals surface area contributed by atoms with Crippen molar-refractivity contribution in [3.05, 3.63) is 51.7 Å². The first-order chi connectivity index (χ1) is 12.5. The molecule has 0 atom stereocenters. The molecule has 2 aromatic rings. The molecule has 1 aromatic carbocycles. The number of benzene rings is 1. The van der Waals surface area contributed by atoms with Gasteiger partial charge in [-0.2, -0.15) is 0 Å². The number of rotatable bonds is 7. The third kappa shape index (κ3) is 4.92. The Balaban J connectivity index is 1.88. The second-order valence-corrected chi connectivity index (χ2v) is 6.53. The molecule has 0 saturated heterocycles. The van der Waals surface area contributed by atoms with Gasteiger partial charge >= 0.3 is 5.97 Å². The zero-order valence-corrected chi connectivity index (χ0v) is 15.9. The Morgan fingerprint density at radius 1 is 1.08 bits per heavy atom. The molecule has 6 nitrogen and oxygen atoms in total. The normalized spacial score (nSPS) is 10.3. The Hall–Kier alpha value is -2.67. The Kier molecular flexibility index (Phi) is 6.91. The Labute approximate surface area is 156 Å². The van der Waals surface area contributed by atoms with Crippen LogP contribution in [0.1, 0.15) is 39.4 Å². The highest BCUT2D eigenvalue weighted by molar-refractivity contribution is 7.12. The van der Waals surface area contributed by atoms with Crippen molar-refractivity contribution in [2.24, 2.45) is 0 Å². The zero-order chi connectivity index (χ0) is 19.1. The van der Waals surface area contributed by atoms with E-state index in [1.165, 1.54) is 11.3 Å². The van der Waals surface area contributed by atoms with Crippen LogP contribution in [0.4, 0.5) is 5.69 Å². The maximum absolute atomic E-state index is 12.2. The van der Waals surface area contributed by atoms with Crippen LogP contribution in [0.25, 0.3) is 0 Å². The lowest BCUT2D eigenvalue weighted by atomic mass is 10.2. The molecular weight excluding hydrogens is 352 g/mol. The van der Waals surface area contributed by atoms with Crippen LogP contribution in [0.5, 0.6) is 0 Å². The second kappa shape index (κ2) is 9.15. The van der Waals surface area contributed by atoms with Gasteiger partial charge in [-0.05, 0) is 62.0 Å². The number of ether oxygens (including phenoxy) is 1. The average molecular weight is 374 g/mol. The standard InChI is InChI=1S/C19H22N2O4S/c1-4-21(5-2)18(23)14-6-8-15(9-7-14)20-16(22)12-25-19(24)17-13(3)10-11-26-17/h6-11H,4-5,12H2,1-3H3,(H,20,22). The number of esters is 1. The molecule has 138 valence electrons. The van der Waals surface area contributed by atoms with Crippen molar-refractivity contribution in [2.45, 2.75) is 20.8 Å². The maximum atomic E-state index is 12.2. The van der Waals surface area contributed by atoms with Gasteiger partial charge in [-0.15, -0.1) is 11.3 Å². The molecule has 0 spiro atoms. The van der Waals surface area contributed by atoms with Gasteiger partial charge in [0.1, 0.15) is 4.88 Å². The number of carbonyl (C=O) groups excluding carboxylic acids is 3. The van der Waals surface area contributed by atoms with Crippen molar-refractivity contribution >= 4 is 34.8 Å². The second-order valence-electron chi connectivity index (χ2n) is 5.61. The predicted molar refractivity (Wildman–Crippen MR) is 102 cm³/mol. The van der Waals surface area contributed by atoms with Gasteiger partial charge in [-0.25, -0.2) is 4.79 Å². The van der Waals surface area contributed by atoms with E-state index in [9.17, 15) is 14.4 Å². The lowest BCUT2D eigenvalue weighted by Gasteiger charge is -2.18. The predicted octanol–water partition coefficient (Wildman–Crippen LogP) is 3.33. The van der Waals surface area contributed by atoms with Crippen LogP contribution in [-0.4, -0.2) is 42.4 Å². The quantitative estimate of drug-likeness (QED) is 0.754. The van der Waals surface area contributed by atoms with E-state index in [1.54, 1.807) is 34.5 Å². The van der Waals surface area contributed by atoms with Gasteiger partial charge < -0.3 is 15.0 Å². The van der Waals surface area contributed by atoms with E-state index in [0.29, 0.717) is 29.2 Å². The Morgan fingerprint density at radius 3 is 2.27 bits per heavy atom. The molecule has 0 aliphatic rings. The fraction of sp³-hybridized carbons (Fsp3) is 0.316. The number of hydrogen-bond acceptors (Lipinski definition) is 5. The largest absolute Gasteiger partial charge is 0.451 e. The zero-order valence-electron chi connectivity index (χ0n) is 15.1. The van der Waals surface area contributed by atoms with E-state index in [2.05, 4.69) is 5.32 Å². The number of nitrogens with zero attached hydrogens (tertiary/aromatic N) is 1. The molecule has 0 unspecified atom stereocenters. The van der Waals surface area contributed by atoms with Crippen LogP contribution in [0.2, 0.25) is 0 Å². The molecule has 0 radical (unpaired) electrons. The number of nitrogens with one attached hydrogen (secondary N) is 1. The number of anilines is 1. The molecule has 0 fully saturated rings. The van der Waals surface area contributed by atoms with Gasteiger partial charge in [0.25, 0.3) is 11.8 Å². The minimum Gasteiger partial charge on any atom is -0.451 e. The third-order valence-electron chi connectivity index (χ3n) is 3.85. The Morgan fingerprint density at radius 2 is 1.73 bits per heavy atom. The fourth-order valence-corrected chi connectivity index (χ4v) is 3.18. The van der Waals surface area contributed by atoms with E-state index >= 15 is 0 Å². The van der Waals surface area contributed by atoms with Crippen molar-refractivity contribution in [2.75, 3.05) is 25.0 Å². The first kappa shape index (κ1) is 19.7. The van der Waals surface area contributed by atoms with Crippen LogP contribution < -0.4 is 5.32 Å². The van der Waals surface area contributed by atoms with Crippen LogP contribution in [0.15, 0.2) is 35.7 Å². The van der Waals surface area contributed by atoms with Crippen LogP contribution in [0, 0.1) is 6.92 Å². The third-order valence-corrected chi connectivity index (χ3v) is 4.84. The molecule has 0 bridgehead atoms. The molecule has 2 amide bonds. The summed E-state index contributed by atoms with van der Waals surface area (Å²) in [5.74, 6) is -0.990. The van der Waals surface area contributed by atoms with Crippen LogP contribution >= 0.6 is 11.3 Å². The number of thiophene rings is 1. The summed E-state index contributed by atoms with van der Waals surface area (Å²) in [7, 11) is 0. The molecule has 0 aliphatic carbocycles. The molecular formula is C19H22N2O4S. The highest BCUT2D eigenvalue weighted by atomic mass is 32.1. The average Bonchev–Trinajstić information content (AvgIpc) is 3.07. The minimum absolute atomic E-state index is 0.0480. The lowest BCUT2D eigenvalue weighted by molar-refractivity contribution is -0.119. The molecule has 1 aromatic heterocycles. The number of hydrogen-bond donors (Lipinski definition) is 1. The molecule has 7 heteroatoms. The van der Waals surface area contributed by atoms with Crippen molar-refractivity contribution in [3.8, 4) is 0 Å². The minimum atomic E-state index is -0.507. The van der Waals surface area contributed by atoms with Gasteiger partial charge in [0.05, 0.1) is 0 Å². The number of aryl methyl sites for hydroxylation is 1. The van der Waals surface area contributed by atoms with Gasteiger partial charge in [0.2, 0.25) is 0 Å². The smallest absolute Gasteiger partial charge is 0.349 e. The van der Waals surface area contributed by atoms with E-state index in [-0.39, 0.29) is 12.5 Å². The first-order valence-corrected chi connectivity index (χ1v) is 9.24. The monoisotopic (exact) mass is 374 g/mol. The van der Waals surface area contributed by atoms with Crippen molar-refractivity contribution < 1.29 is 19.1 Å². The molecule has 2 rings (SSSR count). The van der Waals surface area contributed by atoms with Gasteiger partial charge in [-0.1, -0.05) is 0 Å². The highest BCUT2D eigenvalue weighted by Crippen LogP contribution is 2.16. The fourth-order valence-electron chi connectivity index (χ4n) is 2.37. The van der Waals surface area contributed by atoms with Gasteiger partial charge in [0.15, 0.2) is 6.61 Å². The van der Waals surface area contributed by atoms with E-state index in [0.717, 1.165) is 5.56 Å². The molecule has 0 aliphatic heterocycles. The molecule has 1 heterocycles. The molecule has 1 N–H and O–H groups in total. The highest BCUT2D eigenvalue weighted by Gasteiger charge is 2.15. The molecule has 0 saturated carbocycles. The summed E-state index contributed by atoms with van der Waals surface area (Å²) in [4.78, 5) is 38.3. The SMILES string of the molecule is CCN(CC)C(=O)c1ccc(NC(=O)COC(=O)c2sccc2C)cc1. The van der Waals surface area contributed by atoms with Crippen molar-refractivity contribution in [1.29, 1.82) is 0 Å². The number of amides is 2. The first-order valence-electron chi connectivity index (χ1n) is 8.36. The summed E-state index contributed by atoms with van der Waals surface area (Å²) in [6, 6.07) is 8.46. The lowest BCUT2D eigenvalue weighted by Crippen LogP contribution is -2.30. The Bertz CT molecular complexity index is 779. The summed E-state index contributed by atoms with van der Waals surface area (Å²) in [6.45, 7) is 6.58. The van der Waals surface area contributed by atoms with Crippen molar-refractivity contribution in [1.82, 2.24) is 4.90 Å². The molecule has 26 heavy (non-hydrogen) atoms. The summed E-state index contributed by atoms with van der Waals surface area (Å²) >= 11 is 1.28. The van der Waals surface area contributed by atoms with E-state index < -0.39 is 11.9 Å².